The van der Waals surface area contributed by atoms with Crippen molar-refractivity contribution < 1.29 is 19.1 Å². The zero-order chi connectivity index (χ0) is 40.6. The monoisotopic (exact) mass is 802 g/mol. The topological polar surface area (TPSA) is 109 Å². The van der Waals surface area contributed by atoms with Gasteiger partial charge in [-0.05, 0) is 103 Å². The second kappa shape index (κ2) is 18.8. The maximum Gasteiger partial charge on any atom is 0.229 e. The summed E-state index contributed by atoms with van der Waals surface area (Å²) in [4.78, 5) is 39.0. The van der Waals surface area contributed by atoms with Crippen LogP contribution in [0, 0.1) is 24.7 Å². The molecule has 0 bridgehead atoms. The number of aromatic nitrogens is 2. The van der Waals surface area contributed by atoms with Gasteiger partial charge in [0, 0.05) is 83.7 Å². The number of carbonyl (C=O) groups excluding carboxylic acids is 2. The molecule has 2 saturated heterocycles. The molecule has 0 saturated carbocycles. The van der Waals surface area contributed by atoms with Gasteiger partial charge in [-0.3, -0.25) is 9.59 Å². The minimum atomic E-state index is -0.671. The predicted molar refractivity (Wildman–Crippen MR) is 224 cm³/mol. The number of likely N-dealkylation sites (N-methyl/N-ethyl adjacent to an activating group) is 2. The first-order chi connectivity index (χ1) is 26.5. The van der Waals surface area contributed by atoms with Crippen molar-refractivity contribution in [3.05, 3.63) is 117 Å². The van der Waals surface area contributed by atoms with Crippen LogP contribution >= 0.6 is 23.2 Å². The van der Waals surface area contributed by atoms with Gasteiger partial charge in [-0.2, -0.15) is 0 Å². The van der Waals surface area contributed by atoms with Crippen molar-refractivity contribution in [2.45, 2.75) is 65.5 Å². The molecule has 2 fully saturated rings. The molecule has 2 aromatic heterocycles. The lowest BCUT2D eigenvalue weighted by Crippen LogP contribution is -2.48. The first-order valence-corrected chi connectivity index (χ1v) is 19.9. The molecule has 12 heteroatoms. The van der Waals surface area contributed by atoms with E-state index in [1.54, 1.807) is 12.4 Å². The number of rotatable bonds is 12. The molecule has 10 nitrogen and oxygen atoms in total. The summed E-state index contributed by atoms with van der Waals surface area (Å²) < 4.78 is 11.7. The SMILES string of the molecule is Cc1cccnc1OCC(C)(C)C(=O)N[C@@H]1CN(C)C[C@H]1c1ccc(Cl)cc1.Cc1cccnc1OCC(C)(C)C(=O)N[C@H]1CN(C)C[C@@H]1c1ccc(Cl)cc1. The van der Waals surface area contributed by atoms with Gasteiger partial charge in [0.15, 0.2) is 0 Å². The number of carbonyl (C=O) groups is 2. The molecule has 300 valence electrons. The second-order valence-corrected chi connectivity index (χ2v) is 17.4. The van der Waals surface area contributed by atoms with Crippen molar-refractivity contribution in [2.75, 3.05) is 53.5 Å². The summed E-state index contributed by atoms with van der Waals surface area (Å²) in [5.74, 6) is 1.59. The first-order valence-electron chi connectivity index (χ1n) is 19.1. The fraction of sp³-hybridized carbons (Fsp3) is 0.455. The number of ether oxygens (including phenoxy) is 2. The average Bonchev–Trinajstić information content (AvgIpc) is 3.72. The molecule has 4 atom stereocenters. The van der Waals surface area contributed by atoms with Crippen molar-refractivity contribution in [1.82, 2.24) is 30.4 Å². The van der Waals surface area contributed by atoms with Crippen LogP contribution in [0.15, 0.2) is 85.2 Å². The molecule has 56 heavy (non-hydrogen) atoms. The lowest BCUT2D eigenvalue weighted by molar-refractivity contribution is -0.132. The molecule has 0 radical (unpaired) electrons. The third-order valence-corrected chi connectivity index (χ3v) is 11.0. The maximum atomic E-state index is 13.0. The molecule has 0 aliphatic carbocycles. The van der Waals surface area contributed by atoms with E-state index in [0.717, 1.165) is 47.4 Å². The number of hydrogen-bond donors (Lipinski definition) is 2. The van der Waals surface area contributed by atoms with Crippen LogP contribution < -0.4 is 20.1 Å². The highest BCUT2D eigenvalue weighted by Crippen LogP contribution is 2.31. The van der Waals surface area contributed by atoms with Crippen molar-refractivity contribution in [3.63, 3.8) is 0 Å². The van der Waals surface area contributed by atoms with Crippen molar-refractivity contribution in [2.24, 2.45) is 10.8 Å². The first kappa shape index (κ1) is 42.9. The third-order valence-electron chi connectivity index (χ3n) is 10.5. The molecule has 2 aliphatic rings. The standard InChI is InChI=1S/2C22H28ClN3O2/c2*1-15-6-5-11-24-20(15)28-14-22(2,3)21(27)25-19-13-26(4)12-18(19)16-7-9-17(23)10-8-16/h2*5-11,18-19H,12-14H2,1-4H3,(H,25,27)/t2*18-,19+/m10/s1. The van der Waals surface area contributed by atoms with Gasteiger partial charge < -0.3 is 29.9 Å². The Morgan fingerprint density at radius 1 is 0.643 bits per heavy atom. The summed E-state index contributed by atoms with van der Waals surface area (Å²) in [5, 5.41) is 7.94. The molecule has 6 rings (SSSR count). The van der Waals surface area contributed by atoms with Gasteiger partial charge in [-0.25, -0.2) is 9.97 Å². The molecule has 2 aromatic carbocycles. The number of nitrogens with one attached hydrogen (secondary N) is 2. The highest BCUT2D eigenvalue weighted by atomic mass is 35.5. The van der Waals surface area contributed by atoms with Crippen LogP contribution in [0.1, 0.15) is 61.8 Å². The van der Waals surface area contributed by atoms with E-state index in [-0.39, 0.29) is 48.9 Å². The number of aryl methyl sites for hydroxylation is 2. The molecular formula is C44H56Cl2N6O4. The maximum absolute atomic E-state index is 13.0. The summed E-state index contributed by atoms with van der Waals surface area (Å²) in [5.41, 5.74) is 2.96. The Morgan fingerprint density at radius 3 is 1.34 bits per heavy atom. The molecule has 2 N–H and O–H groups in total. The summed E-state index contributed by atoms with van der Waals surface area (Å²) in [6.45, 7) is 15.5. The molecule has 4 aromatic rings. The normalized spacial score (nSPS) is 20.2. The van der Waals surface area contributed by atoms with E-state index in [1.807, 2.05) is 114 Å². The number of pyridine rings is 2. The van der Waals surface area contributed by atoms with Crippen LogP contribution in [-0.2, 0) is 9.59 Å². The molecule has 2 aliphatic heterocycles. The number of halogens is 2. The summed E-state index contributed by atoms with van der Waals surface area (Å²) in [6, 6.07) is 23.5. The average molecular weight is 804 g/mol. The van der Waals surface area contributed by atoms with Crippen molar-refractivity contribution in [1.29, 1.82) is 0 Å². The lowest BCUT2D eigenvalue weighted by Gasteiger charge is -2.28. The smallest absolute Gasteiger partial charge is 0.229 e. The van der Waals surface area contributed by atoms with Gasteiger partial charge in [0.2, 0.25) is 23.6 Å². The Labute approximate surface area is 342 Å². The van der Waals surface area contributed by atoms with Gasteiger partial charge in [-0.15, -0.1) is 0 Å². The van der Waals surface area contributed by atoms with E-state index >= 15 is 0 Å². The van der Waals surface area contributed by atoms with Gasteiger partial charge in [0.1, 0.15) is 13.2 Å². The van der Waals surface area contributed by atoms with E-state index < -0.39 is 10.8 Å². The number of benzene rings is 2. The Morgan fingerprint density at radius 2 is 1.00 bits per heavy atom. The van der Waals surface area contributed by atoms with Gasteiger partial charge in [0.25, 0.3) is 0 Å². The van der Waals surface area contributed by atoms with Gasteiger partial charge in [0.05, 0.1) is 10.8 Å². The van der Waals surface area contributed by atoms with Gasteiger partial charge >= 0.3 is 0 Å². The molecule has 0 unspecified atom stereocenters. The summed E-state index contributed by atoms with van der Waals surface area (Å²) >= 11 is 12.0. The van der Waals surface area contributed by atoms with Crippen LogP contribution in [0.25, 0.3) is 0 Å². The number of likely N-dealkylation sites (tertiary alicyclic amines) is 2. The van der Waals surface area contributed by atoms with Crippen LogP contribution in [0.2, 0.25) is 10.0 Å². The third kappa shape index (κ3) is 11.4. The Balaban J connectivity index is 0.000000214. The number of nitrogens with zero attached hydrogens (tertiary/aromatic N) is 4. The van der Waals surface area contributed by atoms with Crippen LogP contribution in [0.4, 0.5) is 0 Å². The van der Waals surface area contributed by atoms with Crippen LogP contribution in [-0.4, -0.2) is 97.2 Å². The Kier molecular flexibility index (Phi) is 14.4. The highest BCUT2D eigenvalue weighted by molar-refractivity contribution is 6.30. The highest BCUT2D eigenvalue weighted by Gasteiger charge is 2.39. The minimum absolute atomic E-state index is 0.0136. The Hall–Kier alpha value is -4.22. The molecule has 0 spiro atoms. The van der Waals surface area contributed by atoms with E-state index in [9.17, 15) is 9.59 Å². The Bertz CT molecular complexity index is 1780. The minimum Gasteiger partial charge on any atom is -0.476 e. The zero-order valence-corrected chi connectivity index (χ0v) is 35.3. The lowest BCUT2D eigenvalue weighted by atomic mass is 9.90. The molecule has 2 amide bonds. The number of amides is 2. The second-order valence-electron chi connectivity index (χ2n) is 16.5. The van der Waals surface area contributed by atoms with Crippen molar-refractivity contribution in [3.8, 4) is 11.8 Å². The molecular weight excluding hydrogens is 747 g/mol. The summed E-state index contributed by atoms with van der Waals surface area (Å²) in [7, 11) is 4.15. The fourth-order valence-corrected chi connectivity index (χ4v) is 7.24. The van der Waals surface area contributed by atoms with E-state index in [1.165, 1.54) is 11.1 Å². The summed E-state index contributed by atoms with van der Waals surface area (Å²) in [6.07, 6.45) is 3.39. The molecule has 4 heterocycles. The quantitative estimate of drug-likeness (QED) is 0.154. The number of hydrogen-bond acceptors (Lipinski definition) is 8. The van der Waals surface area contributed by atoms with E-state index in [0.29, 0.717) is 11.8 Å². The van der Waals surface area contributed by atoms with Crippen molar-refractivity contribution >= 4 is 35.0 Å². The van der Waals surface area contributed by atoms with E-state index in [2.05, 4.69) is 44.5 Å². The zero-order valence-electron chi connectivity index (χ0n) is 33.8. The van der Waals surface area contributed by atoms with Crippen LogP contribution in [0.5, 0.6) is 11.8 Å². The van der Waals surface area contributed by atoms with Gasteiger partial charge in [-0.1, -0.05) is 59.6 Å². The predicted octanol–water partition coefficient (Wildman–Crippen LogP) is 7.32. The fourth-order valence-electron chi connectivity index (χ4n) is 6.99. The largest absolute Gasteiger partial charge is 0.476 e. The van der Waals surface area contributed by atoms with E-state index in [4.69, 9.17) is 32.7 Å². The van der Waals surface area contributed by atoms with Crippen LogP contribution in [0.3, 0.4) is 0 Å².